The number of hydrogen-bond acceptors (Lipinski definition) is 8. The van der Waals surface area contributed by atoms with Crippen LogP contribution in [0.4, 0.5) is 5.82 Å². The number of thiophene rings is 1. The van der Waals surface area contributed by atoms with Crippen molar-refractivity contribution in [3.05, 3.63) is 53.7 Å². The first-order valence-electron chi connectivity index (χ1n) is 13.3. The molecule has 0 aromatic carbocycles. The molecule has 2 N–H and O–H groups in total. The lowest BCUT2D eigenvalue weighted by molar-refractivity contribution is -0.119. The Morgan fingerprint density at radius 3 is 2.64 bits per heavy atom. The molecule has 1 atom stereocenters. The molecule has 2 amide bonds. The van der Waals surface area contributed by atoms with Crippen LogP contribution in [0.3, 0.4) is 0 Å². The fourth-order valence-electron chi connectivity index (χ4n) is 4.92. The van der Waals surface area contributed by atoms with Crippen LogP contribution in [-0.2, 0) is 4.79 Å². The summed E-state index contributed by atoms with van der Waals surface area (Å²) in [7, 11) is 0. The van der Waals surface area contributed by atoms with Crippen molar-refractivity contribution in [2.24, 2.45) is 0 Å². The number of hydrogen-bond donors (Lipinski definition) is 2. The molecule has 1 aliphatic heterocycles. The van der Waals surface area contributed by atoms with Gasteiger partial charge >= 0.3 is 0 Å². The van der Waals surface area contributed by atoms with E-state index in [1.807, 2.05) is 41.9 Å². The van der Waals surface area contributed by atoms with E-state index in [4.69, 9.17) is 9.97 Å². The molecular weight excluding hydrogens is 512 g/mol. The smallest absolute Gasteiger partial charge is 0.251 e. The molecule has 4 aromatic heterocycles. The van der Waals surface area contributed by atoms with Crippen molar-refractivity contribution in [1.29, 1.82) is 0 Å². The zero-order valence-corrected chi connectivity index (χ0v) is 23.5. The molecule has 4 aromatic rings. The van der Waals surface area contributed by atoms with Crippen molar-refractivity contribution in [2.75, 3.05) is 37.6 Å². The number of aromatic nitrogens is 4. The summed E-state index contributed by atoms with van der Waals surface area (Å²) >= 11 is 1.63. The number of fused-ring (bicyclic) bond motifs is 1. The van der Waals surface area contributed by atoms with E-state index >= 15 is 0 Å². The topological polar surface area (TPSA) is 108 Å². The van der Waals surface area contributed by atoms with Crippen LogP contribution < -0.4 is 15.5 Å². The minimum Gasteiger partial charge on any atom is -0.352 e. The molecule has 1 unspecified atom stereocenters. The summed E-state index contributed by atoms with van der Waals surface area (Å²) in [6, 6.07) is 9.89. The second-order valence-corrected chi connectivity index (χ2v) is 10.7. The molecule has 1 aliphatic rings. The third-order valence-electron chi connectivity index (χ3n) is 7.10. The van der Waals surface area contributed by atoms with E-state index in [0.29, 0.717) is 42.4 Å². The maximum atomic E-state index is 13.4. The zero-order valence-electron chi connectivity index (χ0n) is 22.7. The standard InChI is InChI=1S/C28H34N8O2S/c1-5-34(6-2)18(3)14-29-28(38)20-12-24(32-26(13-20)35-16-21(17-35)31-19(4)37)22-15-30-36-10-9-23(33-27(22)36)25-8-7-11-39-25/h7-13,15,18,21H,5-6,14,16-17H2,1-4H3,(H,29,38)(H,31,37). The van der Waals surface area contributed by atoms with E-state index in [2.05, 4.69) is 46.3 Å². The van der Waals surface area contributed by atoms with Crippen molar-refractivity contribution < 1.29 is 9.59 Å². The highest BCUT2D eigenvalue weighted by atomic mass is 32.1. The molecule has 5 heterocycles. The van der Waals surface area contributed by atoms with E-state index < -0.39 is 0 Å². The van der Waals surface area contributed by atoms with Gasteiger partial charge in [0.05, 0.1) is 34.1 Å². The SMILES string of the molecule is CCN(CC)C(C)CNC(=O)c1cc(-c2cnn3ccc(-c4cccs4)nc23)nc(N2CC(NC(C)=O)C2)c1. The lowest BCUT2D eigenvalue weighted by atomic mass is 10.1. The van der Waals surface area contributed by atoms with Gasteiger partial charge in [-0.15, -0.1) is 11.3 Å². The number of rotatable bonds is 10. The Morgan fingerprint density at radius 1 is 1.15 bits per heavy atom. The summed E-state index contributed by atoms with van der Waals surface area (Å²) in [6.45, 7) is 11.5. The lowest BCUT2D eigenvalue weighted by Crippen LogP contribution is -2.59. The van der Waals surface area contributed by atoms with Gasteiger partial charge in [-0.25, -0.2) is 14.5 Å². The second-order valence-electron chi connectivity index (χ2n) is 9.80. The lowest BCUT2D eigenvalue weighted by Gasteiger charge is -2.40. The molecule has 204 valence electrons. The number of amides is 2. The molecule has 5 rings (SSSR count). The van der Waals surface area contributed by atoms with E-state index in [1.54, 1.807) is 22.0 Å². The Bertz CT molecular complexity index is 1460. The first-order chi connectivity index (χ1) is 18.9. The Labute approximate surface area is 232 Å². The summed E-state index contributed by atoms with van der Waals surface area (Å²) in [6.07, 6.45) is 3.63. The van der Waals surface area contributed by atoms with Crippen LogP contribution in [0.25, 0.3) is 27.5 Å². The van der Waals surface area contributed by atoms with Crippen LogP contribution in [0, 0.1) is 0 Å². The van der Waals surface area contributed by atoms with Crippen LogP contribution in [0.1, 0.15) is 38.1 Å². The average Bonchev–Trinajstić information content (AvgIpc) is 3.59. The number of pyridine rings is 1. The summed E-state index contributed by atoms with van der Waals surface area (Å²) in [5, 5.41) is 12.6. The van der Waals surface area contributed by atoms with E-state index in [9.17, 15) is 9.59 Å². The van der Waals surface area contributed by atoms with Crippen molar-refractivity contribution in [1.82, 2.24) is 35.1 Å². The van der Waals surface area contributed by atoms with Gasteiger partial charge in [-0.2, -0.15) is 5.10 Å². The highest BCUT2D eigenvalue weighted by Crippen LogP contribution is 2.30. The Morgan fingerprint density at radius 2 is 1.95 bits per heavy atom. The molecule has 1 saturated heterocycles. The third-order valence-corrected chi connectivity index (χ3v) is 7.99. The summed E-state index contributed by atoms with van der Waals surface area (Å²) in [4.78, 5) is 40.1. The number of carbonyl (C=O) groups excluding carboxylic acids is 2. The summed E-state index contributed by atoms with van der Waals surface area (Å²) < 4.78 is 1.72. The zero-order chi connectivity index (χ0) is 27.5. The molecule has 1 fully saturated rings. The fourth-order valence-corrected chi connectivity index (χ4v) is 5.62. The second kappa shape index (κ2) is 11.5. The maximum absolute atomic E-state index is 13.4. The molecule has 10 nitrogen and oxygen atoms in total. The van der Waals surface area contributed by atoms with Crippen LogP contribution in [0.15, 0.2) is 48.1 Å². The van der Waals surface area contributed by atoms with Gasteiger partial charge in [0, 0.05) is 44.4 Å². The van der Waals surface area contributed by atoms with Crippen molar-refractivity contribution >= 4 is 34.6 Å². The Kier molecular flexibility index (Phi) is 7.89. The van der Waals surface area contributed by atoms with Crippen LogP contribution in [-0.4, -0.2) is 81.1 Å². The van der Waals surface area contributed by atoms with Crippen molar-refractivity contribution in [2.45, 2.75) is 39.8 Å². The van der Waals surface area contributed by atoms with E-state index in [-0.39, 0.29) is 23.9 Å². The summed E-state index contributed by atoms with van der Waals surface area (Å²) in [5.74, 6) is 0.481. The predicted octanol–water partition coefficient (Wildman–Crippen LogP) is 3.30. The predicted molar refractivity (Wildman–Crippen MR) is 154 cm³/mol. The Hall–Kier alpha value is -3.83. The first-order valence-corrected chi connectivity index (χ1v) is 14.2. The van der Waals surface area contributed by atoms with E-state index in [0.717, 1.165) is 29.2 Å². The normalized spacial score (nSPS) is 14.4. The fraction of sp³-hybridized carbons (Fsp3) is 0.393. The number of anilines is 1. The third kappa shape index (κ3) is 5.79. The number of likely N-dealkylation sites (N-methyl/N-ethyl adjacent to an activating group) is 1. The monoisotopic (exact) mass is 546 g/mol. The molecule has 0 radical (unpaired) electrons. The molecule has 0 saturated carbocycles. The van der Waals surface area contributed by atoms with Crippen LogP contribution >= 0.6 is 11.3 Å². The quantitative estimate of drug-likeness (QED) is 0.314. The van der Waals surface area contributed by atoms with Crippen LogP contribution in [0.2, 0.25) is 0 Å². The van der Waals surface area contributed by atoms with Gasteiger partial charge in [-0.05, 0) is 49.7 Å². The Balaban J connectivity index is 1.47. The molecule has 39 heavy (non-hydrogen) atoms. The van der Waals surface area contributed by atoms with E-state index in [1.165, 1.54) is 6.92 Å². The highest BCUT2D eigenvalue weighted by molar-refractivity contribution is 7.13. The van der Waals surface area contributed by atoms with Gasteiger partial charge in [-0.3, -0.25) is 14.5 Å². The number of nitrogens with zero attached hydrogens (tertiary/aromatic N) is 6. The van der Waals surface area contributed by atoms with Gasteiger partial charge in [-0.1, -0.05) is 19.9 Å². The van der Waals surface area contributed by atoms with Gasteiger partial charge in [0.15, 0.2) is 5.65 Å². The molecule has 11 heteroatoms. The van der Waals surface area contributed by atoms with Crippen LogP contribution in [0.5, 0.6) is 0 Å². The number of carbonyl (C=O) groups is 2. The largest absolute Gasteiger partial charge is 0.352 e. The first kappa shape index (κ1) is 26.8. The molecule has 0 bridgehead atoms. The number of nitrogens with one attached hydrogen (secondary N) is 2. The minimum atomic E-state index is -0.151. The van der Waals surface area contributed by atoms with Gasteiger partial charge in [0.2, 0.25) is 5.91 Å². The molecule has 0 aliphatic carbocycles. The molecular formula is C28H34N8O2S. The maximum Gasteiger partial charge on any atom is 0.251 e. The van der Waals surface area contributed by atoms with Gasteiger partial charge in [0.1, 0.15) is 5.82 Å². The van der Waals surface area contributed by atoms with Crippen molar-refractivity contribution in [3.8, 4) is 21.8 Å². The average molecular weight is 547 g/mol. The van der Waals surface area contributed by atoms with Crippen molar-refractivity contribution in [3.63, 3.8) is 0 Å². The highest BCUT2D eigenvalue weighted by Gasteiger charge is 2.29. The molecule has 0 spiro atoms. The van der Waals surface area contributed by atoms with Gasteiger partial charge < -0.3 is 15.5 Å². The van der Waals surface area contributed by atoms with Gasteiger partial charge in [0.25, 0.3) is 5.91 Å². The summed E-state index contributed by atoms with van der Waals surface area (Å²) in [5.41, 5.74) is 3.44. The minimum absolute atomic E-state index is 0.0530.